The van der Waals surface area contributed by atoms with Gasteiger partial charge in [-0.25, -0.2) is 0 Å². The van der Waals surface area contributed by atoms with Crippen molar-refractivity contribution in [3.63, 3.8) is 0 Å². The van der Waals surface area contributed by atoms with Crippen LogP contribution in [0.3, 0.4) is 0 Å². The molecule has 20 heavy (non-hydrogen) atoms. The molecular weight excluding hydrogens is 268 g/mol. The van der Waals surface area contributed by atoms with E-state index in [1.54, 1.807) is 13.3 Å². The number of thiophene rings is 1. The van der Waals surface area contributed by atoms with Crippen molar-refractivity contribution in [2.75, 3.05) is 7.11 Å². The second-order valence-electron chi connectivity index (χ2n) is 5.29. The van der Waals surface area contributed by atoms with Crippen LogP contribution in [0.15, 0.2) is 24.5 Å². The zero-order valence-corrected chi connectivity index (χ0v) is 12.6. The van der Waals surface area contributed by atoms with E-state index >= 15 is 0 Å². The summed E-state index contributed by atoms with van der Waals surface area (Å²) in [5.74, 6) is 0.760. The monoisotopic (exact) mass is 288 g/mol. The van der Waals surface area contributed by atoms with E-state index in [1.807, 2.05) is 23.6 Å². The van der Waals surface area contributed by atoms with Crippen LogP contribution in [0, 0.1) is 0 Å². The van der Waals surface area contributed by atoms with Crippen LogP contribution in [0.4, 0.5) is 0 Å². The number of pyridine rings is 1. The average Bonchev–Trinajstić information content (AvgIpc) is 2.77. The molecule has 0 spiro atoms. The topological polar surface area (TPSA) is 48.1 Å². The number of rotatable bonds is 3. The zero-order valence-electron chi connectivity index (χ0n) is 11.8. The molecule has 0 aliphatic heterocycles. The molecular formula is C16H20N2OS. The van der Waals surface area contributed by atoms with Crippen LogP contribution in [0.1, 0.15) is 46.2 Å². The SMILES string of the molecule is COc1cncc(C(N)c2cc3c(s2)CCCCC3)c1. The van der Waals surface area contributed by atoms with Crippen molar-refractivity contribution < 1.29 is 4.74 Å². The lowest BCUT2D eigenvalue weighted by Gasteiger charge is -2.10. The number of aromatic nitrogens is 1. The van der Waals surface area contributed by atoms with Gasteiger partial charge in [0.1, 0.15) is 5.75 Å². The van der Waals surface area contributed by atoms with Crippen LogP contribution in [0.25, 0.3) is 0 Å². The Bertz CT molecular complexity index is 570. The Labute approximate surface area is 123 Å². The van der Waals surface area contributed by atoms with Gasteiger partial charge in [-0.3, -0.25) is 4.98 Å². The molecule has 1 aliphatic rings. The molecule has 0 fully saturated rings. The van der Waals surface area contributed by atoms with Crippen LogP contribution in [0.2, 0.25) is 0 Å². The fourth-order valence-electron chi connectivity index (χ4n) is 2.73. The number of nitrogens with two attached hydrogens (primary N) is 1. The standard InChI is InChI=1S/C16H20N2OS/c1-19-13-7-12(9-18-10-13)16(17)15-8-11-5-3-2-4-6-14(11)20-15/h7-10,16H,2-6,17H2,1H3. The number of methoxy groups -OCH3 is 1. The Balaban J connectivity index is 1.88. The molecule has 0 amide bonds. The summed E-state index contributed by atoms with van der Waals surface area (Å²) in [5, 5.41) is 0. The van der Waals surface area contributed by atoms with Crippen molar-refractivity contribution in [3.8, 4) is 5.75 Å². The van der Waals surface area contributed by atoms with Gasteiger partial charge in [0.2, 0.25) is 0 Å². The second kappa shape index (κ2) is 5.94. The molecule has 106 valence electrons. The molecule has 1 unspecified atom stereocenters. The third-order valence-electron chi connectivity index (χ3n) is 3.90. The van der Waals surface area contributed by atoms with E-state index in [-0.39, 0.29) is 6.04 Å². The van der Waals surface area contributed by atoms with Gasteiger partial charge in [-0.05, 0) is 48.9 Å². The van der Waals surface area contributed by atoms with Gasteiger partial charge in [-0.15, -0.1) is 11.3 Å². The number of ether oxygens (including phenoxy) is 1. The first kappa shape index (κ1) is 13.6. The Morgan fingerprint density at radius 3 is 2.90 bits per heavy atom. The highest BCUT2D eigenvalue weighted by Crippen LogP contribution is 2.34. The molecule has 0 bridgehead atoms. The van der Waals surface area contributed by atoms with Gasteiger partial charge in [-0.2, -0.15) is 0 Å². The van der Waals surface area contributed by atoms with Crippen molar-refractivity contribution in [1.82, 2.24) is 4.98 Å². The normalized spacial score (nSPS) is 16.3. The third kappa shape index (κ3) is 2.72. The van der Waals surface area contributed by atoms with Crippen LogP contribution in [0.5, 0.6) is 5.75 Å². The van der Waals surface area contributed by atoms with Gasteiger partial charge >= 0.3 is 0 Å². The number of nitrogens with zero attached hydrogens (tertiary/aromatic N) is 1. The number of aryl methyl sites for hydroxylation is 2. The largest absolute Gasteiger partial charge is 0.495 e. The molecule has 1 aliphatic carbocycles. The molecule has 2 heterocycles. The molecule has 3 rings (SSSR count). The molecule has 0 radical (unpaired) electrons. The van der Waals surface area contributed by atoms with Gasteiger partial charge in [-0.1, -0.05) is 6.42 Å². The summed E-state index contributed by atoms with van der Waals surface area (Å²) in [6, 6.07) is 4.17. The molecule has 4 heteroatoms. The molecule has 2 aromatic heterocycles. The molecule has 1 atom stereocenters. The summed E-state index contributed by atoms with van der Waals surface area (Å²) in [5.41, 5.74) is 8.93. The van der Waals surface area contributed by atoms with Crippen LogP contribution in [-0.2, 0) is 12.8 Å². The molecule has 0 saturated carbocycles. The quantitative estimate of drug-likeness (QED) is 0.880. The lowest BCUT2D eigenvalue weighted by molar-refractivity contribution is 0.412. The van der Waals surface area contributed by atoms with Crippen LogP contribution < -0.4 is 10.5 Å². The first-order valence-electron chi connectivity index (χ1n) is 7.14. The lowest BCUT2D eigenvalue weighted by Crippen LogP contribution is -2.10. The van der Waals surface area contributed by atoms with Crippen LogP contribution in [-0.4, -0.2) is 12.1 Å². The summed E-state index contributed by atoms with van der Waals surface area (Å²) < 4.78 is 5.22. The minimum atomic E-state index is -0.102. The summed E-state index contributed by atoms with van der Waals surface area (Å²) in [4.78, 5) is 6.97. The minimum Gasteiger partial charge on any atom is -0.495 e. The molecule has 2 N–H and O–H groups in total. The Kier molecular flexibility index (Phi) is 4.03. The van der Waals surface area contributed by atoms with Crippen LogP contribution >= 0.6 is 11.3 Å². The summed E-state index contributed by atoms with van der Waals surface area (Å²) in [6.07, 6.45) is 9.92. The van der Waals surface area contributed by atoms with E-state index in [1.165, 1.54) is 47.4 Å². The lowest BCUT2D eigenvalue weighted by atomic mass is 10.1. The zero-order chi connectivity index (χ0) is 13.9. The first-order valence-corrected chi connectivity index (χ1v) is 7.95. The van der Waals surface area contributed by atoms with E-state index in [0.29, 0.717) is 0 Å². The van der Waals surface area contributed by atoms with E-state index in [9.17, 15) is 0 Å². The Morgan fingerprint density at radius 1 is 1.20 bits per heavy atom. The predicted molar refractivity (Wildman–Crippen MR) is 82.4 cm³/mol. The minimum absolute atomic E-state index is 0.102. The van der Waals surface area contributed by atoms with E-state index in [2.05, 4.69) is 11.1 Å². The van der Waals surface area contributed by atoms with E-state index < -0.39 is 0 Å². The second-order valence-corrected chi connectivity index (χ2v) is 6.46. The average molecular weight is 288 g/mol. The van der Waals surface area contributed by atoms with Gasteiger partial charge in [0.15, 0.2) is 0 Å². The Morgan fingerprint density at radius 2 is 2.05 bits per heavy atom. The fourth-order valence-corrected chi connectivity index (χ4v) is 4.01. The predicted octanol–water partition coefficient (Wildman–Crippen LogP) is 3.47. The highest BCUT2D eigenvalue weighted by molar-refractivity contribution is 7.12. The van der Waals surface area contributed by atoms with Crippen molar-refractivity contribution in [2.24, 2.45) is 5.73 Å². The third-order valence-corrected chi connectivity index (χ3v) is 5.22. The maximum atomic E-state index is 6.41. The smallest absolute Gasteiger partial charge is 0.137 e. The molecule has 0 aromatic carbocycles. The van der Waals surface area contributed by atoms with Crippen molar-refractivity contribution in [2.45, 2.75) is 38.1 Å². The molecule has 2 aromatic rings. The van der Waals surface area contributed by atoms with E-state index in [4.69, 9.17) is 10.5 Å². The van der Waals surface area contributed by atoms with Gasteiger partial charge in [0.05, 0.1) is 19.3 Å². The van der Waals surface area contributed by atoms with Gasteiger partial charge < -0.3 is 10.5 Å². The summed E-state index contributed by atoms with van der Waals surface area (Å²) in [6.45, 7) is 0. The van der Waals surface area contributed by atoms with E-state index in [0.717, 1.165) is 11.3 Å². The van der Waals surface area contributed by atoms with Gasteiger partial charge in [0.25, 0.3) is 0 Å². The number of hydrogen-bond acceptors (Lipinski definition) is 4. The Hall–Kier alpha value is -1.39. The fraction of sp³-hybridized carbons (Fsp3) is 0.438. The highest BCUT2D eigenvalue weighted by Gasteiger charge is 2.17. The number of hydrogen-bond donors (Lipinski definition) is 1. The van der Waals surface area contributed by atoms with Crippen molar-refractivity contribution >= 4 is 11.3 Å². The van der Waals surface area contributed by atoms with Crippen molar-refractivity contribution in [1.29, 1.82) is 0 Å². The molecule has 3 nitrogen and oxygen atoms in total. The number of fused-ring (bicyclic) bond motifs is 1. The maximum Gasteiger partial charge on any atom is 0.137 e. The summed E-state index contributed by atoms with van der Waals surface area (Å²) in [7, 11) is 1.65. The summed E-state index contributed by atoms with van der Waals surface area (Å²) >= 11 is 1.87. The maximum absolute atomic E-state index is 6.41. The highest BCUT2D eigenvalue weighted by atomic mass is 32.1. The van der Waals surface area contributed by atoms with Gasteiger partial charge in [0, 0.05) is 16.0 Å². The van der Waals surface area contributed by atoms with Crippen molar-refractivity contribution in [3.05, 3.63) is 45.4 Å². The first-order chi connectivity index (χ1) is 9.78. The molecule has 0 saturated heterocycles.